The van der Waals surface area contributed by atoms with Crippen molar-refractivity contribution in [3.05, 3.63) is 70.0 Å². The summed E-state index contributed by atoms with van der Waals surface area (Å²) in [5, 5.41) is 0.440. The van der Waals surface area contributed by atoms with E-state index in [0.29, 0.717) is 28.7 Å². The zero-order valence-corrected chi connectivity index (χ0v) is 11.9. The van der Waals surface area contributed by atoms with Crippen molar-refractivity contribution in [3.63, 3.8) is 0 Å². The first-order valence-electron chi connectivity index (χ1n) is 6.89. The predicted octanol–water partition coefficient (Wildman–Crippen LogP) is 3.40. The molecular weight excluding hydrogens is 267 g/mol. The average molecular weight is 282 g/mol. The van der Waals surface area contributed by atoms with Gasteiger partial charge >= 0.3 is 0 Å². The number of hydrogen-bond acceptors (Lipinski definition) is 2. The van der Waals surface area contributed by atoms with E-state index in [2.05, 4.69) is 4.98 Å². The van der Waals surface area contributed by atoms with Crippen molar-refractivity contribution in [1.29, 1.82) is 0 Å². The summed E-state index contributed by atoms with van der Waals surface area (Å²) in [6, 6.07) is 12.3. The van der Waals surface area contributed by atoms with E-state index in [9.17, 15) is 9.18 Å². The summed E-state index contributed by atoms with van der Waals surface area (Å²) in [4.78, 5) is 17.2. The highest BCUT2D eigenvalue weighted by molar-refractivity contribution is 5.79. The Hall–Kier alpha value is -2.49. The van der Waals surface area contributed by atoms with E-state index in [0.717, 1.165) is 5.69 Å². The van der Waals surface area contributed by atoms with Crippen LogP contribution >= 0.6 is 0 Å². The monoisotopic (exact) mass is 282 g/mol. The highest BCUT2D eigenvalue weighted by atomic mass is 19.1. The van der Waals surface area contributed by atoms with E-state index in [1.165, 1.54) is 6.07 Å². The first kappa shape index (κ1) is 13.5. The maximum Gasteiger partial charge on any atom is 0.265 e. The summed E-state index contributed by atoms with van der Waals surface area (Å²) in [6.07, 6.45) is 0.593. The zero-order valence-electron chi connectivity index (χ0n) is 11.9. The van der Waals surface area contributed by atoms with Gasteiger partial charge in [0.15, 0.2) is 0 Å². The third-order valence-corrected chi connectivity index (χ3v) is 3.55. The Bertz CT molecular complexity index is 869. The molecule has 0 unspecified atom stereocenters. The fraction of sp³-hybridized carbons (Fsp3) is 0.176. The molecule has 0 saturated carbocycles. The molecule has 3 rings (SSSR count). The molecule has 0 aliphatic rings. The van der Waals surface area contributed by atoms with Crippen molar-refractivity contribution in [2.45, 2.75) is 20.3 Å². The molecule has 0 N–H and O–H groups in total. The van der Waals surface area contributed by atoms with Crippen LogP contribution < -0.4 is 5.56 Å². The van der Waals surface area contributed by atoms with Crippen LogP contribution in [0.15, 0.2) is 47.3 Å². The Morgan fingerprint density at radius 3 is 2.57 bits per heavy atom. The molecule has 0 fully saturated rings. The van der Waals surface area contributed by atoms with Gasteiger partial charge in [0, 0.05) is 12.5 Å². The van der Waals surface area contributed by atoms with Crippen LogP contribution in [0, 0.1) is 12.7 Å². The van der Waals surface area contributed by atoms with Crippen LogP contribution in [0.25, 0.3) is 16.6 Å². The number of aromatic nitrogens is 2. The van der Waals surface area contributed by atoms with E-state index >= 15 is 0 Å². The largest absolute Gasteiger partial charge is 0.268 e. The first-order valence-corrected chi connectivity index (χ1v) is 6.89. The second-order valence-corrected chi connectivity index (χ2v) is 4.98. The SMILES string of the molecule is CCc1nc2cc(F)c(C)cc2c(=O)n1-c1ccccc1. The first-order chi connectivity index (χ1) is 10.1. The van der Waals surface area contributed by atoms with Gasteiger partial charge < -0.3 is 0 Å². The summed E-state index contributed by atoms with van der Waals surface area (Å²) < 4.78 is 15.3. The van der Waals surface area contributed by atoms with Crippen molar-refractivity contribution in [1.82, 2.24) is 9.55 Å². The van der Waals surface area contributed by atoms with Crippen molar-refractivity contribution in [2.24, 2.45) is 0 Å². The molecule has 0 aliphatic carbocycles. The fourth-order valence-corrected chi connectivity index (χ4v) is 2.44. The second kappa shape index (κ2) is 5.13. The summed E-state index contributed by atoms with van der Waals surface area (Å²) >= 11 is 0. The van der Waals surface area contributed by atoms with E-state index in [1.54, 1.807) is 17.6 Å². The Balaban J connectivity index is 2.42. The molecule has 0 spiro atoms. The number of nitrogens with zero attached hydrogens (tertiary/aromatic N) is 2. The summed E-state index contributed by atoms with van der Waals surface area (Å²) in [5.41, 5.74) is 1.47. The smallest absolute Gasteiger partial charge is 0.265 e. The number of rotatable bonds is 2. The summed E-state index contributed by atoms with van der Waals surface area (Å²) in [7, 11) is 0. The standard InChI is InChI=1S/C17H15FN2O/c1-3-16-19-15-10-14(18)11(2)9-13(15)17(21)20(16)12-7-5-4-6-8-12/h4-10H,3H2,1-2H3. The van der Waals surface area contributed by atoms with Gasteiger partial charge in [-0.1, -0.05) is 25.1 Å². The zero-order chi connectivity index (χ0) is 15.0. The molecule has 4 heteroatoms. The van der Waals surface area contributed by atoms with Gasteiger partial charge in [-0.3, -0.25) is 9.36 Å². The fourth-order valence-electron chi connectivity index (χ4n) is 2.44. The summed E-state index contributed by atoms with van der Waals surface area (Å²) in [5.74, 6) is 0.288. The molecule has 0 amide bonds. The highest BCUT2D eigenvalue weighted by Crippen LogP contribution is 2.17. The van der Waals surface area contributed by atoms with E-state index in [1.807, 2.05) is 37.3 Å². The van der Waals surface area contributed by atoms with Crippen molar-refractivity contribution >= 4 is 10.9 Å². The van der Waals surface area contributed by atoms with Gasteiger partial charge in [0.1, 0.15) is 11.6 Å². The van der Waals surface area contributed by atoms with E-state index < -0.39 is 0 Å². The number of hydrogen-bond donors (Lipinski definition) is 0. The Morgan fingerprint density at radius 1 is 1.19 bits per heavy atom. The second-order valence-electron chi connectivity index (χ2n) is 4.98. The third kappa shape index (κ3) is 2.23. The quantitative estimate of drug-likeness (QED) is 0.722. The van der Waals surface area contributed by atoms with Gasteiger partial charge in [0.2, 0.25) is 0 Å². The molecule has 0 atom stereocenters. The van der Waals surface area contributed by atoms with Crippen LogP contribution in [-0.4, -0.2) is 9.55 Å². The molecule has 0 bridgehead atoms. The van der Waals surface area contributed by atoms with Gasteiger partial charge in [-0.25, -0.2) is 9.37 Å². The van der Waals surface area contributed by atoms with Crippen LogP contribution in [0.1, 0.15) is 18.3 Å². The average Bonchev–Trinajstić information content (AvgIpc) is 2.50. The molecule has 3 nitrogen and oxygen atoms in total. The molecule has 21 heavy (non-hydrogen) atoms. The third-order valence-electron chi connectivity index (χ3n) is 3.55. The minimum absolute atomic E-state index is 0.161. The lowest BCUT2D eigenvalue weighted by Crippen LogP contribution is -2.23. The minimum atomic E-state index is -0.339. The number of benzene rings is 2. The van der Waals surface area contributed by atoms with Gasteiger partial charge in [-0.15, -0.1) is 0 Å². The van der Waals surface area contributed by atoms with Crippen molar-refractivity contribution in [2.75, 3.05) is 0 Å². The molecular formula is C17H15FN2O. The Kier molecular flexibility index (Phi) is 3.29. The highest BCUT2D eigenvalue weighted by Gasteiger charge is 2.13. The van der Waals surface area contributed by atoms with Crippen LogP contribution in [0.5, 0.6) is 0 Å². The number of aryl methyl sites for hydroxylation is 2. The maximum atomic E-state index is 13.7. The van der Waals surface area contributed by atoms with Gasteiger partial charge in [0.05, 0.1) is 16.6 Å². The van der Waals surface area contributed by atoms with E-state index in [4.69, 9.17) is 0 Å². The van der Waals surface area contributed by atoms with E-state index in [-0.39, 0.29) is 11.4 Å². The Labute approximate surface area is 121 Å². The maximum absolute atomic E-state index is 13.7. The lowest BCUT2D eigenvalue weighted by molar-refractivity contribution is 0.620. The van der Waals surface area contributed by atoms with Crippen LogP contribution in [0.2, 0.25) is 0 Å². The lowest BCUT2D eigenvalue weighted by Gasteiger charge is -2.12. The van der Waals surface area contributed by atoms with Crippen molar-refractivity contribution < 1.29 is 4.39 Å². The number of halogens is 1. The molecule has 0 saturated heterocycles. The Morgan fingerprint density at radius 2 is 1.90 bits per heavy atom. The van der Waals surface area contributed by atoms with Gasteiger partial charge in [0.25, 0.3) is 5.56 Å². The lowest BCUT2D eigenvalue weighted by atomic mass is 10.1. The van der Waals surface area contributed by atoms with Crippen LogP contribution in [-0.2, 0) is 6.42 Å². The molecule has 0 aliphatic heterocycles. The molecule has 1 heterocycles. The molecule has 2 aromatic carbocycles. The van der Waals surface area contributed by atoms with Gasteiger partial charge in [-0.2, -0.15) is 0 Å². The molecule has 1 aromatic heterocycles. The molecule has 0 radical (unpaired) electrons. The molecule has 106 valence electrons. The van der Waals surface area contributed by atoms with Crippen LogP contribution in [0.4, 0.5) is 4.39 Å². The minimum Gasteiger partial charge on any atom is -0.268 e. The summed E-state index contributed by atoms with van der Waals surface area (Å²) in [6.45, 7) is 3.58. The predicted molar refractivity (Wildman–Crippen MR) is 81.4 cm³/mol. The number of fused-ring (bicyclic) bond motifs is 1. The van der Waals surface area contributed by atoms with Crippen molar-refractivity contribution in [3.8, 4) is 5.69 Å². The topological polar surface area (TPSA) is 34.9 Å². The number of para-hydroxylation sites is 1. The normalized spacial score (nSPS) is 11.0. The van der Waals surface area contributed by atoms with Crippen LogP contribution in [0.3, 0.4) is 0 Å². The molecule has 3 aromatic rings. The van der Waals surface area contributed by atoms with Gasteiger partial charge in [-0.05, 0) is 30.7 Å².